The van der Waals surface area contributed by atoms with E-state index in [0.29, 0.717) is 19.7 Å². The van der Waals surface area contributed by atoms with Gasteiger partial charge in [0.25, 0.3) is 0 Å². The Morgan fingerprint density at radius 1 is 1.33 bits per heavy atom. The molecule has 0 bridgehead atoms. The van der Waals surface area contributed by atoms with Gasteiger partial charge in [-0.1, -0.05) is 18.2 Å². The summed E-state index contributed by atoms with van der Waals surface area (Å²) in [5, 5.41) is 0. The van der Waals surface area contributed by atoms with Crippen LogP contribution >= 0.6 is 0 Å². The van der Waals surface area contributed by atoms with Crippen LogP contribution in [0.4, 0.5) is 0 Å². The minimum Gasteiger partial charge on any atom is -0.490 e. The van der Waals surface area contributed by atoms with E-state index >= 15 is 0 Å². The lowest BCUT2D eigenvalue weighted by molar-refractivity contribution is -0.0746. The van der Waals surface area contributed by atoms with Crippen LogP contribution in [0.5, 0.6) is 5.75 Å². The van der Waals surface area contributed by atoms with Crippen LogP contribution in [0.25, 0.3) is 0 Å². The van der Waals surface area contributed by atoms with Gasteiger partial charge in [-0.05, 0) is 31.4 Å². The molecule has 1 aliphatic heterocycles. The fraction of sp³-hybridized carbons (Fsp3) is 0.600. The summed E-state index contributed by atoms with van der Waals surface area (Å²) in [6.07, 6.45) is 2.81. The first kappa shape index (κ1) is 16.3. The number of rotatable bonds is 5. The topological polar surface area (TPSA) is 55.8 Å². The van der Waals surface area contributed by atoms with Crippen LogP contribution in [0.15, 0.2) is 24.3 Å². The average molecular weight is 313 g/mol. The molecule has 1 aromatic rings. The monoisotopic (exact) mass is 313 g/mol. The lowest BCUT2D eigenvalue weighted by atomic mass is 9.95. The molecule has 1 atom stereocenters. The summed E-state index contributed by atoms with van der Waals surface area (Å²) >= 11 is 0. The molecule has 2 rings (SSSR count). The van der Waals surface area contributed by atoms with Crippen molar-refractivity contribution in [3.05, 3.63) is 29.8 Å². The number of ether oxygens (including phenoxy) is 2. The SMILES string of the molecule is CO[C@@]1(COc2ccccc2C)CCCN(S(C)(=O)=O)C1. The smallest absolute Gasteiger partial charge is 0.211 e. The molecule has 0 spiro atoms. The number of methoxy groups -OCH3 is 1. The van der Waals surface area contributed by atoms with Gasteiger partial charge in [0.15, 0.2) is 0 Å². The predicted octanol–water partition coefficient (Wildman–Crippen LogP) is 1.81. The maximum Gasteiger partial charge on any atom is 0.211 e. The van der Waals surface area contributed by atoms with Crippen molar-refractivity contribution < 1.29 is 17.9 Å². The molecule has 0 aliphatic carbocycles. The molecule has 0 N–H and O–H groups in total. The molecule has 0 amide bonds. The quantitative estimate of drug-likeness (QED) is 0.832. The van der Waals surface area contributed by atoms with Gasteiger partial charge >= 0.3 is 0 Å². The second kappa shape index (κ2) is 6.34. The zero-order valence-electron chi connectivity index (χ0n) is 12.8. The minimum absolute atomic E-state index is 0.341. The second-order valence-electron chi connectivity index (χ2n) is 5.64. The summed E-state index contributed by atoms with van der Waals surface area (Å²) in [5.41, 5.74) is 0.475. The molecule has 0 saturated carbocycles. The van der Waals surface area contributed by atoms with Gasteiger partial charge in [0, 0.05) is 20.2 Å². The van der Waals surface area contributed by atoms with Gasteiger partial charge in [0.05, 0.1) is 6.26 Å². The minimum atomic E-state index is -3.20. The summed E-state index contributed by atoms with van der Waals surface area (Å²) < 4.78 is 36.5. The lowest BCUT2D eigenvalue weighted by Crippen LogP contribution is -2.54. The lowest BCUT2D eigenvalue weighted by Gasteiger charge is -2.40. The standard InChI is InChI=1S/C15H23NO4S/c1-13-7-4-5-8-14(13)20-12-15(19-2)9-6-10-16(11-15)21(3,17)18/h4-5,7-8H,6,9-12H2,1-3H3/t15-/m0/s1. The molecule has 0 radical (unpaired) electrons. The molecule has 6 heteroatoms. The maximum atomic E-state index is 11.7. The van der Waals surface area contributed by atoms with Gasteiger partial charge in [-0.2, -0.15) is 4.31 Å². The molecule has 0 unspecified atom stereocenters. The Kier molecular flexibility index (Phi) is 4.91. The van der Waals surface area contributed by atoms with E-state index in [9.17, 15) is 8.42 Å². The van der Waals surface area contributed by atoms with E-state index in [4.69, 9.17) is 9.47 Å². The molecule has 1 heterocycles. The summed E-state index contributed by atoms with van der Waals surface area (Å²) in [6, 6.07) is 7.78. The number of piperidine rings is 1. The fourth-order valence-electron chi connectivity index (χ4n) is 2.61. The number of benzene rings is 1. The molecule has 1 fully saturated rings. The number of para-hydroxylation sites is 1. The zero-order valence-corrected chi connectivity index (χ0v) is 13.6. The van der Waals surface area contributed by atoms with E-state index in [1.807, 2.05) is 31.2 Å². The molecule has 0 aromatic heterocycles. The summed E-state index contributed by atoms with van der Waals surface area (Å²) in [4.78, 5) is 0. The molecular weight excluding hydrogens is 290 g/mol. The van der Waals surface area contributed by atoms with Crippen molar-refractivity contribution in [3.63, 3.8) is 0 Å². The van der Waals surface area contributed by atoms with Crippen molar-refractivity contribution in [2.24, 2.45) is 0 Å². The Morgan fingerprint density at radius 2 is 2.05 bits per heavy atom. The highest BCUT2D eigenvalue weighted by Gasteiger charge is 2.39. The Hall–Kier alpha value is -1.11. The third kappa shape index (κ3) is 3.96. The number of sulfonamides is 1. The first-order valence-corrected chi connectivity index (χ1v) is 8.90. The molecule has 21 heavy (non-hydrogen) atoms. The van der Waals surface area contributed by atoms with E-state index in [1.54, 1.807) is 7.11 Å². The number of aryl methyl sites for hydroxylation is 1. The van der Waals surface area contributed by atoms with Crippen LogP contribution < -0.4 is 4.74 Å². The maximum absolute atomic E-state index is 11.7. The van der Waals surface area contributed by atoms with Crippen LogP contribution in [0.2, 0.25) is 0 Å². The fourth-order valence-corrected chi connectivity index (χ4v) is 3.54. The van der Waals surface area contributed by atoms with Crippen LogP contribution in [-0.2, 0) is 14.8 Å². The summed E-state index contributed by atoms with van der Waals surface area (Å²) in [7, 11) is -1.58. The Bertz CT molecular complexity index is 587. The number of hydrogen-bond donors (Lipinski definition) is 0. The van der Waals surface area contributed by atoms with Crippen molar-refractivity contribution in [2.45, 2.75) is 25.4 Å². The highest BCUT2D eigenvalue weighted by atomic mass is 32.2. The Balaban J connectivity index is 2.09. The Labute approximate surface area is 126 Å². The predicted molar refractivity (Wildman–Crippen MR) is 82.1 cm³/mol. The summed E-state index contributed by atoms with van der Waals surface area (Å²) in [6.45, 7) is 3.22. The normalized spacial score (nSPS) is 24.0. The number of nitrogens with zero attached hydrogens (tertiary/aromatic N) is 1. The van der Waals surface area contributed by atoms with E-state index in [1.165, 1.54) is 10.6 Å². The second-order valence-corrected chi connectivity index (χ2v) is 7.62. The van der Waals surface area contributed by atoms with Crippen molar-refractivity contribution in [1.82, 2.24) is 4.31 Å². The largest absolute Gasteiger partial charge is 0.490 e. The zero-order chi connectivity index (χ0) is 15.5. The van der Waals surface area contributed by atoms with Crippen LogP contribution in [-0.4, -0.2) is 51.4 Å². The molecular formula is C15H23NO4S. The van der Waals surface area contributed by atoms with Crippen LogP contribution in [0, 0.1) is 6.92 Å². The first-order chi connectivity index (χ1) is 9.86. The van der Waals surface area contributed by atoms with E-state index in [2.05, 4.69) is 0 Å². The van der Waals surface area contributed by atoms with E-state index in [-0.39, 0.29) is 0 Å². The van der Waals surface area contributed by atoms with Gasteiger partial charge in [-0.15, -0.1) is 0 Å². The van der Waals surface area contributed by atoms with Gasteiger partial charge in [-0.25, -0.2) is 8.42 Å². The van der Waals surface area contributed by atoms with Crippen molar-refractivity contribution in [1.29, 1.82) is 0 Å². The van der Waals surface area contributed by atoms with Gasteiger partial charge in [0.1, 0.15) is 18.0 Å². The highest BCUT2D eigenvalue weighted by molar-refractivity contribution is 7.88. The molecule has 1 saturated heterocycles. The van der Waals surface area contributed by atoms with E-state index < -0.39 is 15.6 Å². The third-order valence-corrected chi connectivity index (χ3v) is 5.24. The molecule has 118 valence electrons. The Morgan fingerprint density at radius 3 is 2.67 bits per heavy atom. The van der Waals surface area contributed by atoms with Crippen molar-refractivity contribution in [2.75, 3.05) is 33.1 Å². The van der Waals surface area contributed by atoms with Gasteiger partial charge in [0.2, 0.25) is 10.0 Å². The van der Waals surface area contributed by atoms with Crippen LogP contribution in [0.3, 0.4) is 0 Å². The van der Waals surface area contributed by atoms with Crippen molar-refractivity contribution in [3.8, 4) is 5.75 Å². The van der Waals surface area contributed by atoms with Crippen LogP contribution in [0.1, 0.15) is 18.4 Å². The number of hydrogen-bond acceptors (Lipinski definition) is 4. The van der Waals surface area contributed by atoms with Crippen molar-refractivity contribution >= 4 is 10.0 Å². The van der Waals surface area contributed by atoms with Gasteiger partial charge in [-0.3, -0.25) is 0 Å². The van der Waals surface area contributed by atoms with E-state index in [0.717, 1.165) is 24.2 Å². The average Bonchev–Trinajstić information content (AvgIpc) is 2.46. The molecule has 5 nitrogen and oxygen atoms in total. The summed E-state index contributed by atoms with van der Waals surface area (Å²) in [5.74, 6) is 0.811. The molecule has 1 aliphatic rings. The highest BCUT2D eigenvalue weighted by Crippen LogP contribution is 2.28. The third-order valence-electron chi connectivity index (χ3n) is 3.99. The first-order valence-electron chi connectivity index (χ1n) is 7.05. The molecule has 1 aromatic carbocycles. The van der Waals surface area contributed by atoms with Gasteiger partial charge < -0.3 is 9.47 Å².